The number of amides is 2. The van der Waals surface area contributed by atoms with Crippen LogP contribution in [0.25, 0.3) is 10.9 Å². The molecule has 0 saturated carbocycles. The van der Waals surface area contributed by atoms with E-state index in [2.05, 4.69) is 21.3 Å². The summed E-state index contributed by atoms with van der Waals surface area (Å²) in [6.45, 7) is 2.68. The molecule has 8 nitrogen and oxygen atoms in total. The fraction of sp³-hybridized carbons (Fsp3) is 0.520. The third kappa shape index (κ3) is 5.87. The van der Waals surface area contributed by atoms with Crippen LogP contribution in [0.3, 0.4) is 0 Å². The van der Waals surface area contributed by atoms with Crippen LogP contribution in [-0.4, -0.2) is 85.1 Å². The summed E-state index contributed by atoms with van der Waals surface area (Å²) >= 11 is 0. The summed E-state index contributed by atoms with van der Waals surface area (Å²) in [7, 11) is 1.98. The predicted molar refractivity (Wildman–Crippen MR) is 128 cm³/mol. The zero-order chi connectivity index (χ0) is 25.9. The molecule has 0 spiro atoms. The lowest BCUT2D eigenvalue weighted by Gasteiger charge is -2.40. The average Bonchev–Trinajstić information content (AvgIpc) is 2.86. The van der Waals surface area contributed by atoms with Crippen molar-refractivity contribution in [2.24, 2.45) is 5.92 Å². The first kappa shape index (κ1) is 25.7. The average molecular weight is 503 g/mol. The number of pyridine rings is 1. The van der Waals surface area contributed by atoms with Crippen molar-refractivity contribution < 1.29 is 22.8 Å². The van der Waals surface area contributed by atoms with Crippen LogP contribution in [0, 0.1) is 17.2 Å². The van der Waals surface area contributed by atoms with E-state index in [0.29, 0.717) is 35.2 Å². The number of piperazine rings is 1. The number of fused-ring (bicyclic) bond motifs is 1. The van der Waals surface area contributed by atoms with Gasteiger partial charge in [0.15, 0.2) is 0 Å². The Bertz CT molecular complexity index is 1160. The Morgan fingerprint density at radius 2 is 1.89 bits per heavy atom. The second-order valence-corrected chi connectivity index (χ2v) is 9.47. The predicted octanol–water partition coefficient (Wildman–Crippen LogP) is 2.53. The molecule has 0 aliphatic carbocycles. The number of halogens is 3. The van der Waals surface area contributed by atoms with E-state index >= 15 is 0 Å². The van der Waals surface area contributed by atoms with E-state index in [-0.39, 0.29) is 38.3 Å². The molecule has 0 bridgehead atoms. The number of hydrogen-bond donors (Lipinski definition) is 1. The van der Waals surface area contributed by atoms with E-state index in [1.54, 1.807) is 34.1 Å². The highest BCUT2D eigenvalue weighted by atomic mass is 19.4. The number of benzene rings is 1. The Labute approximate surface area is 207 Å². The molecule has 2 fully saturated rings. The van der Waals surface area contributed by atoms with Gasteiger partial charge in [0, 0.05) is 75.4 Å². The molecule has 1 aromatic carbocycles. The van der Waals surface area contributed by atoms with Crippen molar-refractivity contribution in [1.29, 1.82) is 5.26 Å². The molecule has 4 rings (SSSR count). The lowest BCUT2D eigenvalue weighted by molar-refractivity contribution is -0.178. The van der Waals surface area contributed by atoms with Gasteiger partial charge >= 0.3 is 6.18 Å². The number of nitriles is 1. The van der Waals surface area contributed by atoms with Crippen molar-refractivity contribution >= 4 is 28.4 Å². The number of nitrogens with one attached hydrogen (secondary N) is 1. The molecule has 2 aliphatic heterocycles. The number of hydrogen-bond acceptors (Lipinski definition) is 6. The second-order valence-electron chi connectivity index (χ2n) is 9.47. The number of likely N-dealkylation sites (N-methyl/N-ethyl adjacent to an activating group) is 1. The highest BCUT2D eigenvalue weighted by Gasteiger charge is 2.45. The summed E-state index contributed by atoms with van der Waals surface area (Å²) in [4.78, 5) is 34.7. The molecular weight excluding hydrogens is 473 g/mol. The van der Waals surface area contributed by atoms with Gasteiger partial charge in [-0.15, -0.1) is 0 Å². The molecule has 1 aromatic heterocycles. The number of nitrogens with zero attached hydrogens (tertiary/aromatic N) is 5. The molecule has 2 aliphatic rings. The number of aromatic nitrogens is 1. The number of piperidine rings is 1. The minimum absolute atomic E-state index is 0.0284. The molecule has 0 unspecified atom stereocenters. The van der Waals surface area contributed by atoms with Gasteiger partial charge in [-0.3, -0.25) is 14.6 Å². The highest BCUT2D eigenvalue weighted by molar-refractivity contribution is 5.95. The Balaban J connectivity index is 1.46. The Hall–Kier alpha value is -3.39. The Morgan fingerprint density at radius 1 is 1.14 bits per heavy atom. The third-order valence-electron chi connectivity index (χ3n) is 6.91. The summed E-state index contributed by atoms with van der Waals surface area (Å²) in [5.74, 6) is -2.18. The van der Waals surface area contributed by atoms with Gasteiger partial charge in [-0.05, 0) is 37.7 Å². The van der Waals surface area contributed by atoms with E-state index in [1.807, 2.05) is 7.05 Å². The normalized spacial score (nSPS) is 21.3. The van der Waals surface area contributed by atoms with E-state index < -0.39 is 24.0 Å². The van der Waals surface area contributed by atoms with E-state index in [4.69, 9.17) is 0 Å². The second kappa shape index (κ2) is 10.7. The molecule has 11 heteroatoms. The summed E-state index contributed by atoms with van der Waals surface area (Å²) in [5.41, 5.74) is 1.30. The molecule has 3 heterocycles. The maximum atomic E-state index is 13.8. The molecule has 36 heavy (non-hydrogen) atoms. The molecule has 2 atom stereocenters. The molecule has 1 N–H and O–H groups in total. The lowest BCUT2D eigenvalue weighted by Crippen LogP contribution is -2.54. The van der Waals surface area contributed by atoms with Gasteiger partial charge in [-0.2, -0.15) is 18.4 Å². The molecule has 2 aromatic rings. The first-order chi connectivity index (χ1) is 17.2. The van der Waals surface area contributed by atoms with Crippen LogP contribution >= 0.6 is 0 Å². The number of anilines is 1. The third-order valence-corrected chi connectivity index (χ3v) is 6.91. The van der Waals surface area contributed by atoms with Gasteiger partial charge in [0.05, 0.1) is 17.0 Å². The number of alkyl halides is 3. The minimum atomic E-state index is -4.43. The summed E-state index contributed by atoms with van der Waals surface area (Å²) in [6, 6.07) is 7.92. The van der Waals surface area contributed by atoms with Crippen LogP contribution in [0.5, 0.6) is 0 Å². The molecule has 192 valence electrons. The summed E-state index contributed by atoms with van der Waals surface area (Å²) < 4.78 is 41.4. The van der Waals surface area contributed by atoms with Crippen molar-refractivity contribution in [3.63, 3.8) is 0 Å². The van der Waals surface area contributed by atoms with Crippen LogP contribution < -0.4 is 10.2 Å². The maximum absolute atomic E-state index is 13.8. The summed E-state index contributed by atoms with van der Waals surface area (Å²) in [6.07, 6.45) is -3.17. The van der Waals surface area contributed by atoms with Crippen molar-refractivity contribution in [3.05, 3.63) is 36.0 Å². The van der Waals surface area contributed by atoms with Crippen LogP contribution in [0.2, 0.25) is 0 Å². The standard InChI is InChI=1S/C25H29F3N6O2/c1-32-9-11-33(12-10-32)23(36)7-6-22(35)31-19-13-18(25(26,27)28)15-34(16-19)21-5-4-17(14-29)24-20(21)3-2-8-30-24/h2-5,8,18-19H,6-7,9-13,15-16H2,1H3,(H,31,35)/t18-,19+/m0/s1. The van der Waals surface area contributed by atoms with Crippen LogP contribution in [0.4, 0.5) is 18.9 Å². The van der Waals surface area contributed by atoms with Crippen molar-refractivity contribution in [2.45, 2.75) is 31.5 Å². The first-order valence-electron chi connectivity index (χ1n) is 12.0. The van der Waals surface area contributed by atoms with Gasteiger partial charge in [0.2, 0.25) is 11.8 Å². The quantitative estimate of drug-likeness (QED) is 0.676. The van der Waals surface area contributed by atoms with Crippen LogP contribution in [0.15, 0.2) is 30.5 Å². The number of carbonyl (C=O) groups is 2. The number of rotatable bonds is 5. The zero-order valence-corrected chi connectivity index (χ0v) is 20.1. The van der Waals surface area contributed by atoms with E-state index in [9.17, 15) is 28.0 Å². The van der Waals surface area contributed by atoms with Gasteiger partial charge in [-0.1, -0.05) is 0 Å². The van der Waals surface area contributed by atoms with Crippen LogP contribution in [-0.2, 0) is 9.59 Å². The van der Waals surface area contributed by atoms with Gasteiger partial charge < -0.3 is 20.0 Å². The molecular formula is C25H29F3N6O2. The maximum Gasteiger partial charge on any atom is 0.393 e. The fourth-order valence-electron chi connectivity index (χ4n) is 4.90. The van der Waals surface area contributed by atoms with Crippen LogP contribution in [0.1, 0.15) is 24.8 Å². The Morgan fingerprint density at radius 3 is 2.58 bits per heavy atom. The van der Waals surface area contributed by atoms with Crippen molar-refractivity contribution in [1.82, 2.24) is 20.1 Å². The topological polar surface area (TPSA) is 92.6 Å². The zero-order valence-electron chi connectivity index (χ0n) is 20.1. The molecule has 0 radical (unpaired) electrons. The number of carbonyl (C=O) groups excluding carboxylic acids is 2. The van der Waals surface area contributed by atoms with Gasteiger partial charge in [0.1, 0.15) is 6.07 Å². The monoisotopic (exact) mass is 502 g/mol. The molecule has 2 saturated heterocycles. The SMILES string of the molecule is CN1CCN(C(=O)CCC(=O)N[C@@H]2C[C@H](C(F)(F)F)CN(c3ccc(C#N)c4ncccc34)C2)CC1. The summed E-state index contributed by atoms with van der Waals surface area (Å²) in [5, 5.41) is 12.7. The van der Waals surface area contributed by atoms with E-state index in [1.165, 1.54) is 6.20 Å². The van der Waals surface area contributed by atoms with Crippen molar-refractivity contribution in [3.8, 4) is 6.07 Å². The fourth-order valence-corrected chi connectivity index (χ4v) is 4.90. The smallest absolute Gasteiger partial charge is 0.368 e. The first-order valence-corrected chi connectivity index (χ1v) is 12.0. The largest absolute Gasteiger partial charge is 0.393 e. The van der Waals surface area contributed by atoms with Gasteiger partial charge in [0.25, 0.3) is 0 Å². The van der Waals surface area contributed by atoms with Crippen molar-refractivity contribution in [2.75, 3.05) is 51.2 Å². The van der Waals surface area contributed by atoms with E-state index in [0.717, 1.165) is 13.1 Å². The van der Waals surface area contributed by atoms with Gasteiger partial charge in [-0.25, -0.2) is 0 Å². The lowest BCUT2D eigenvalue weighted by atomic mass is 9.92. The minimum Gasteiger partial charge on any atom is -0.368 e. The molecule has 2 amide bonds. The highest BCUT2D eigenvalue weighted by Crippen LogP contribution is 2.37. The Kier molecular flexibility index (Phi) is 7.64.